The van der Waals surface area contributed by atoms with Crippen molar-refractivity contribution in [2.45, 2.75) is 18.9 Å². The second-order valence-electron chi connectivity index (χ2n) is 6.70. The third-order valence-corrected chi connectivity index (χ3v) is 8.12. The lowest BCUT2D eigenvalue weighted by Crippen LogP contribution is -2.40. The number of thiocarbonyl (C=S) groups is 1. The number of thioether (sulfide) groups is 1. The van der Waals surface area contributed by atoms with Gasteiger partial charge in [0.2, 0.25) is 5.91 Å². The first kappa shape index (κ1) is 21.3. The lowest BCUT2D eigenvalue weighted by atomic mass is 10.2. The van der Waals surface area contributed by atoms with Crippen molar-refractivity contribution in [3.63, 3.8) is 0 Å². The maximum Gasteiger partial charge on any atom is 0.266 e. The molecule has 2 aliphatic heterocycles. The summed E-state index contributed by atoms with van der Waals surface area (Å²) in [5.41, 5.74) is 0.836. The van der Waals surface area contributed by atoms with E-state index in [1.165, 1.54) is 21.6 Å². The van der Waals surface area contributed by atoms with E-state index in [0.29, 0.717) is 20.7 Å². The summed E-state index contributed by atoms with van der Waals surface area (Å²) in [6.45, 7) is 0.172. The van der Waals surface area contributed by atoms with Crippen LogP contribution in [0.1, 0.15) is 18.4 Å². The van der Waals surface area contributed by atoms with Crippen LogP contribution in [0.15, 0.2) is 29.2 Å². The summed E-state index contributed by atoms with van der Waals surface area (Å²) in [6.07, 6.45) is 2.29. The maximum absolute atomic E-state index is 12.6. The maximum atomic E-state index is 12.6. The summed E-state index contributed by atoms with van der Waals surface area (Å²) in [5.74, 6) is -0.318. The first-order valence-electron chi connectivity index (χ1n) is 8.63. The largest absolute Gasteiger partial charge is 0.342 e. The molecule has 0 N–H and O–H groups in total. The monoisotopic (exact) mass is 458 g/mol. The van der Waals surface area contributed by atoms with Gasteiger partial charge in [0.05, 0.1) is 16.4 Å². The zero-order chi connectivity index (χ0) is 20.5. The fourth-order valence-corrected chi connectivity index (χ4v) is 6.28. The number of carbonyl (C=O) groups excluding carboxylic acids is 2. The Labute approximate surface area is 178 Å². The van der Waals surface area contributed by atoms with Gasteiger partial charge < -0.3 is 4.90 Å². The molecule has 0 aromatic heterocycles. The van der Waals surface area contributed by atoms with Crippen LogP contribution in [0.2, 0.25) is 5.02 Å². The van der Waals surface area contributed by atoms with E-state index in [0.717, 1.165) is 5.56 Å². The van der Waals surface area contributed by atoms with Crippen LogP contribution in [0.4, 0.5) is 0 Å². The molecular weight excluding hydrogens is 440 g/mol. The normalized spacial score (nSPS) is 22.9. The van der Waals surface area contributed by atoms with Gasteiger partial charge in [0.25, 0.3) is 5.91 Å². The van der Waals surface area contributed by atoms with Gasteiger partial charge in [-0.1, -0.05) is 47.7 Å². The number of nitrogens with zero attached hydrogens (tertiary/aromatic N) is 2. The minimum Gasteiger partial charge on any atom is -0.342 e. The van der Waals surface area contributed by atoms with Crippen LogP contribution in [0.25, 0.3) is 6.08 Å². The molecule has 2 amide bonds. The standard InChI is InChI=1S/C18H19ClN2O4S3/c1-20(14-7-9-28(24,25)11-14)16(22)6-8-21-17(23)15(27-18(21)26)10-12-2-4-13(19)5-3-12/h2-5,10,14H,6-9,11H2,1H3/b15-10-/t14-/m1/s1. The summed E-state index contributed by atoms with van der Waals surface area (Å²) in [5, 5.41) is 0.613. The van der Waals surface area contributed by atoms with Crippen molar-refractivity contribution in [1.29, 1.82) is 0 Å². The summed E-state index contributed by atoms with van der Waals surface area (Å²) >= 11 is 12.4. The molecule has 1 aromatic carbocycles. The van der Waals surface area contributed by atoms with Crippen LogP contribution in [-0.2, 0) is 19.4 Å². The predicted octanol–water partition coefficient (Wildman–Crippen LogP) is 2.58. The molecular formula is C18H19ClN2O4S3. The van der Waals surface area contributed by atoms with Crippen LogP contribution in [0.3, 0.4) is 0 Å². The molecule has 1 aromatic rings. The summed E-state index contributed by atoms with van der Waals surface area (Å²) in [7, 11) is -1.45. The highest BCUT2D eigenvalue weighted by atomic mass is 35.5. The Balaban J connectivity index is 1.60. The molecule has 2 aliphatic rings. The molecule has 150 valence electrons. The van der Waals surface area contributed by atoms with Crippen molar-refractivity contribution in [3.05, 3.63) is 39.8 Å². The van der Waals surface area contributed by atoms with E-state index in [9.17, 15) is 18.0 Å². The zero-order valence-corrected chi connectivity index (χ0v) is 18.3. The second kappa shape index (κ2) is 8.52. The average Bonchev–Trinajstić information content (AvgIpc) is 3.13. The molecule has 3 rings (SSSR count). The number of halogens is 1. The molecule has 6 nitrogen and oxygen atoms in total. The Morgan fingerprint density at radius 2 is 2.07 bits per heavy atom. The smallest absolute Gasteiger partial charge is 0.266 e. The summed E-state index contributed by atoms with van der Waals surface area (Å²) in [4.78, 5) is 28.5. The van der Waals surface area contributed by atoms with Gasteiger partial charge in [-0.15, -0.1) is 0 Å². The molecule has 10 heteroatoms. The van der Waals surface area contributed by atoms with E-state index in [1.54, 1.807) is 25.3 Å². The van der Waals surface area contributed by atoms with Crippen LogP contribution in [0, 0.1) is 0 Å². The molecule has 2 heterocycles. The average molecular weight is 459 g/mol. The van der Waals surface area contributed by atoms with Crippen LogP contribution in [0.5, 0.6) is 0 Å². The molecule has 0 spiro atoms. The third-order valence-electron chi connectivity index (χ3n) is 4.74. The fraction of sp³-hybridized carbons (Fsp3) is 0.389. The van der Waals surface area contributed by atoms with Crippen molar-refractivity contribution in [3.8, 4) is 0 Å². The van der Waals surface area contributed by atoms with E-state index >= 15 is 0 Å². The van der Waals surface area contributed by atoms with Crippen molar-refractivity contribution in [2.75, 3.05) is 25.1 Å². The first-order valence-corrected chi connectivity index (χ1v) is 12.1. The number of hydrogen-bond donors (Lipinski definition) is 0. The molecule has 0 bridgehead atoms. The van der Waals surface area contributed by atoms with Gasteiger partial charge in [-0.05, 0) is 30.2 Å². The SMILES string of the molecule is CN(C(=O)CCN1C(=O)/C(=C/c2ccc(Cl)cc2)SC1=S)[C@@H]1CCS(=O)(=O)C1. The molecule has 0 unspecified atom stereocenters. The zero-order valence-electron chi connectivity index (χ0n) is 15.1. The Kier molecular flexibility index (Phi) is 6.48. The number of sulfone groups is 1. The highest BCUT2D eigenvalue weighted by Gasteiger charge is 2.35. The van der Waals surface area contributed by atoms with Crippen LogP contribution < -0.4 is 0 Å². The number of amides is 2. The Hall–Kier alpha value is -1.42. The summed E-state index contributed by atoms with van der Waals surface area (Å²) < 4.78 is 23.6. The van der Waals surface area contributed by atoms with Crippen LogP contribution >= 0.6 is 35.6 Å². The highest BCUT2D eigenvalue weighted by molar-refractivity contribution is 8.26. The fourth-order valence-electron chi connectivity index (χ4n) is 3.07. The molecule has 0 radical (unpaired) electrons. The molecule has 2 fully saturated rings. The number of rotatable bonds is 5. The van der Waals surface area contributed by atoms with Gasteiger partial charge in [0, 0.05) is 31.1 Å². The minimum absolute atomic E-state index is 0.000126. The highest BCUT2D eigenvalue weighted by Crippen LogP contribution is 2.33. The third kappa shape index (κ3) is 4.94. The topological polar surface area (TPSA) is 74.8 Å². The second-order valence-corrected chi connectivity index (χ2v) is 11.0. The van der Waals surface area contributed by atoms with Gasteiger partial charge >= 0.3 is 0 Å². The Morgan fingerprint density at radius 1 is 1.39 bits per heavy atom. The van der Waals surface area contributed by atoms with Crippen molar-refractivity contribution in [1.82, 2.24) is 9.80 Å². The van der Waals surface area contributed by atoms with Gasteiger partial charge in [0.1, 0.15) is 4.32 Å². The predicted molar refractivity (Wildman–Crippen MR) is 116 cm³/mol. The van der Waals surface area contributed by atoms with Crippen molar-refractivity contribution >= 4 is 67.6 Å². The van der Waals surface area contributed by atoms with Gasteiger partial charge in [-0.2, -0.15) is 0 Å². The van der Waals surface area contributed by atoms with Crippen molar-refractivity contribution < 1.29 is 18.0 Å². The number of benzene rings is 1. The van der Waals surface area contributed by atoms with E-state index in [4.69, 9.17) is 23.8 Å². The molecule has 0 aliphatic carbocycles. The Morgan fingerprint density at radius 3 is 2.68 bits per heavy atom. The van der Waals surface area contributed by atoms with Gasteiger partial charge in [-0.25, -0.2) is 8.42 Å². The lowest BCUT2D eigenvalue weighted by Gasteiger charge is -2.24. The van der Waals surface area contributed by atoms with Crippen molar-refractivity contribution in [2.24, 2.45) is 0 Å². The van der Waals surface area contributed by atoms with Gasteiger partial charge in [0.15, 0.2) is 9.84 Å². The summed E-state index contributed by atoms with van der Waals surface area (Å²) in [6, 6.07) is 6.80. The lowest BCUT2D eigenvalue weighted by molar-refractivity contribution is -0.132. The van der Waals surface area contributed by atoms with Gasteiger partial charge in [-0.3, -0.25) is 14.5 Å². The quantitative estimate of drug-likeness (QED) is 0.498. The number of carbonyl (C=O) groups is 2. The minimum atomic E-state index is -3.06. The number of hydrogen-bond acceptors (Lipinski definition) is 6. The molecule has 1 atom stereocenters. The van der Waals surface area contributed by atoms with E-state index in [1.807, 2.05) is 12.1 Å². The Bertz CT molecular complexity index is 944. The molecule has 0 saturated carbocycles. The van der Waals surface area contributed by atoms with E-state index < -0.39 is 9.84 Å². The molecule has 2 saturated heterocycles. The van der Waals surface area contributed by atoms with E-state index in [-0.39, 0.29) is 42.3 Å². The molecule has 28 heavy (non-hydrogen) atoms. The first-order chi connectivity index (χ1) is 13.2. The van der Waals surface area contributed by atoms with E-state index in [2.05, 4.69) is 0 Å². The van der Waals surface area contributed by atoms with Crippen LogP contribution in [-0.4, -0.2) is 65.5 Å².